The molecule has 3 N–H and O–H groups in total. The topological polar surface area (TPSA) is 163 Å². The summed E-state index contributed by atoms with van der Waals surface area (Å²) in [5.41, 5.74) is 9.58. The molecule has 0 aromatic carbocycles. The number of hydrogen-bond acceptors (Lipinski definition) is 8. The van der Waals surface area contributed by atoms with E-state index in [1.54, 1.807) is 7.05 Å². The summed E-state index contributed by atoms with van der Waals surface area (Å²) in [7, 11) is 3.12. The van der Waals surface area contributed by atoms with Crippen LogP contribution in [0.4, 0.5) is 5.82 Å². The van der Waals surface area contributed by atoms with Crippen LogP contribution in [0.5, 0.6) is 0 Å². The molecule has 12 nitrogen and oxygen atoms in total. The minimum Gasteiger partial charge on any atom is -0.388 e. The Morgan fingerprint density at radius 2 is 2.25 bits per heavy atom. The van der Waals surface area contributed by atoms with Crippen molar-refractivity contribution in [2.45, 2.75) is 24.5 Å². The first-order valence-electron chi connectivity index (χ1n) is 7.07. The first-order chi connectivity index (χ1) is 11.6. The first kappa shape index (κ1) is 15.9. The molecule has 2 aromatic heterocycles. The number of nitrogens with zero attached hydrogens (tertiary/aromatic N) is 7. The second-order valence-corrected chi connectivity index (χ2v) is 5.04. The standard InChI is InChI=1S/C12H15N9O3/c1-14-9-6-10(17-3-16-9)21(4-18-6)12-7(22)5(19-20-13)8(24-12)11(23)15-2/h3-5,7-8,12,22H,1-2H3,(H,15,23)(H,14,16,17). The van der Waals surface area contributed by atoms with Gasteiger partial charge in [-0.2, -0.15) is 0 Å². The van der Waals surface area contributed by atoms with Crippen LogP contribution in [0.3, 0.4) is 0 Å². The molecule has 1 amide bonds. The van der Waals surface area contributed by atoms with Crippen molar-refractivity contribution < 1.29 is 14.6 Å². The Hall–Kier alpha value is -2.95. The van der Waals surface area contributed by atoms with Crippen molar-refractivity contribution in [3.63, 3.8) is 0 Å². The fraction of sp³-hybridized carbons (Fsp3) is 0.500. The van der Waals surface area contributed by atoms with E-state index in [9.17, 15) is 9.90 Å². The fourth-order valence-corrected chi connectivity index (χ4v) is 2.66. The number of hydrogen-bond donors (Lipinski definition) is 3. The number of aliphatic hydroxyl groups is 1. The molecule has 0 saturated carbocycles. The Balaban J connectivity index is 2.03. The van der Waals surface area contributed by atoms with E-state index in [0.717, 1.165) is 0 Å². The van der Waals surface area contributed by atoms with Crippen molar-refractivity contribution in [3.8, 4) is 0 Å². The molecular weight excluding hydrogens is 318 g/mol. The van der Waals surface area contributed by atoms with Gasteiger partial charge in [0.05, 0.1) is 6.33 Å². The van der Waals surface area contributed by atoms with E-state index in [0.29, 0.717) is 17.0 Å². The van der Waals surface area contributed by atoms with Crippen LogP contribution in [0.25, 0.3) is 21.6 Å². The third-order valence-electron chi connectivity index (χ3n) is 3.80. The third-order valence-corrected chi connectivity index (χ3v) is 3.80. The number of carbonyl (C=O) groups excluding carboxylic acids is 1. The second kappa shape index (κ2) is 6.28. The van der Waals surface area contributed by atoms with Crippen LogP contribution in [0.15, 0.2) is 17.8 Å². The van der Waals surface area contributed by atoms with E-state index in [4.69, 9.17) is 10.3 Å². The monoisotopic (exact) mass is 333 g/mol. The van der Waals surface area contributed by atoms with Gasteiger partial charge in [0.25, 0.3) is 0 Å². The number of likely N-dealkylation sites (N-methyl/N-ethyl adjacent to an activating group) is 1. The van der Waals surface area contributed by atoms with Gasteiger partial charge in [0.1, 0.15) is 30.1 Å². The molecule has 1 fully saturated rings. The Labute approximate surface area is 135 Å². The van der Waals surface area contributed by atoms with Crippen molar-refractivity contribution in [2.75, 3.05) is 19.4 Å². The molecule has 3 rings (SSSR count). The Kier molecular flexibility index (Phi) is 4.16. The first-order valence-corrected chi connectivity index (χ1v) is 7.07. The highest BCUT2D eigenvalue weighted by molar-refractivity contribution is 5.83. The smallest absolute Gasteiger partial charge is 0.249 e. The number of imidazole rings is 1. The van der Waals surface area contributed by atoms with Crippen molar-refractivity contribution in [2.24, 2.45) is 5.11 Å². The van der Waals surface area contributed by atoms with Crippen molar-refractivity contribution in [1.29, 1.82) is 0 Å². The van der Waals surface area contributed by atoms with Crippen LogP contribution in [0.2, 0.25) is 0 Å². The summed E-state index contributed by atoms with van der Waals surface area (Å²) in [5, 5.41) is 19.3. The van der Waals surface area contributed by atoms with Crippen LogP contribution >= 0.6 is 0 Å². The number of nitrogens with one attached hydrogen (secondary N) is 2. The molecule has 1 aliphatic heterocycles. The summed E-state index contributed by atoms with van der Waals surface area (Å²) < 4.78 is 7.11. The molecule has 0 bridgehead atoms. The van der Waals surface area contributed by atoms with Gasteiger partial charge in [-0.1, -0.05) is 5.11 Å². The fourth-order valence-electron chi connectivity index (χ4n) is 2.66. The number of rotatable bonds is 4. The van der Waals surface area contributed by atoms with E-state index < -0.39 is 30.4 Å². The molecule has 0 radical (unpaired) electrons. The van der Waals surface area contributed by atoms with Crippen LogP contribution in [-0.4, -0.2) is 62.9 Å². The summed E-state index contributed by atoms with van der Waals surface area (Å²) in [6, 6.07) is -1.07. The lowest BCUT2D eigenvalue weighted by atomic mass is 10.1. The van der Waals surface area contributed by atoms with Gasteiger partial charge in [-0.3, -0.25) is 9.36 Å². The number of aliphatic hydroxyl groups excluding tert-OH is 1. The van der Waals surface area contributed by atoms with Crippen LogP contribution < -0.4 is 10.6 Å². The number of aromatic nitrogens is 4. The molecule has 4 unspecified atom stereocenters. The van der Waals surface area contributed by atoms with Gasteiger partial charge in [-0.15, -0.1) is 0 Å². The van der Waals surface area contributed by atoms with Gasteiger partial charge >= 0.3 is 0 Å². The molecule has 4 atom stereocenters. The average molecular weight is 333 g/mol. The van der Waals surface area contributed by atoms with Gasteiger partial charge in [-0.25, -0.2) is 15.0 Å². The van der Waals surface area contributed by atoms with E-state index in [1.807, 2.05) is 0 Å². The van der Waals surface area contributed by atoms with Crippen LogP contribution in [-0.2, 0) is 9.53 Å². The number of carbonyl (C=O) groups is 1. The molecule has 0 spiro atoms. The Morgan fingerprint density at radius 3 is 2.92 bits per heavy atom. The van der Waals surface area contributed by atoms with Gasteiger partial charge in [0.15, 0.2) is 17.7 Å². The molecule has 2 aromatic rings. The summed E-state index contributed by atoms with van der Waals surface area (Å²) in [5.74, 6) is 0.0181. The van der Waals surface area contributed by atoms with Crippen LogP contribution in [0, 0.1) is 0 Å². The number of ether oxygens (including phenoxy) is 1. The average Bonchev–Trinajstić information content (AvgIpc) is 3.16. The largest absolute Gasteiger partial charge is 0.388 e. The lowest BCUT2D eigenvalue weighted by Gasteiger charge is -2.16. The number of anilines is 1. The van der Waals surface area contributed by atoms with Crippen molar-refractivity contribution in [1.82, 2.24) is 24.8 Å². The van der Waals surface area contributed by atoms with E-state index >= 15 is 0 Å². The molecule has 3 heterocycles. The maximum atomic E-state index is 11.9. The van der Waals surface area contributed by atoms with Gasteiger partial charge in [0.2, 0.25) is 5.91 Å². The zero-order chi connectivity index (χ0) is 17.3. The summed E-state index contributed by atoms with van der Waals surface area (Å²) in [4.78, 5) is 27.0. The predicted molar refractivity (Wildman–Crippen MR) is 81.8 cm³/mol. The number of fused-ring (bicyclic) bond motifs is 1. The summed E-state index contributed by atoms with van der Waals surface area (Å²) in [6.07, 6.45) is -0.572. The summed E-state index contributed by atoms with van der Waals surface area (Å²) in [6.45, 7) is 0. The van der Waals surface area contributed by atoms with Crippen molar-refractivity contribution in [3.05, 3.63) is 23.1 Å². The third kappa shape index (κ3) is 2.38. The molecule has 24 heavy (non-hydrogen) atoms. The molecule has 1 aliphatic rings. The molecule has 0 aliphatic carbocycles. The van der Waals surface area contributed by atoms with E-state index in [1.165, 1.54) is 24.3 Å². The molecular formula is C12H15N9O3. The highest BCUT2D eigenvalue weighted by atomic mass is 16.5. The van der Waals surface area contributed by atoms with Gasteiger partial charge < -0.3 is 20.5 Å². The summed E-state index contributed by atoms with van der Waals surface area (Å²) >= 11 is 0. The van der Waals surface area contributed by atoms with E-state index in [2.05, 4.69) is 35.6 Å². The maximum absolute atomic E-state index is 11.9. The normalized spacial score (nSPS) is 26.1. The number of azide groups is 1. The van der Waals surface area contributed by atoms with Crippen LogP contribution in [0.1, 0.15) is 6.23 Å². The molecule has 12 heteroatoms. The quantitative estimate of drug-likeness (QED) is 0.387. The van der Waals surface area contributed by atoms with Gasteiger partial charge in [0, 0.05) is 19.0 Å². The lowest BCUT2D eigenvalue weighted by molar-refractivity contribution is -0.134. The number of amides is 1. The lowest BCUT2D eigenvalue weighted by Crippen LogP contribution is -2.40. The maximum Gasteiger partial charge on any atom is 0.249 e. The highest BCUT2D eigenvalue weighted by Gasteiger charge is 2.48. The predicted octanol–water partition coefficient (Wildman–Crippen LogP) is -0.449. The minimum atomic E-state index is -1.24. The Morgan fingerprint density at radius 1 is 1.46 bits per heavy atom. The second-order valence-electron chi connectivity index (χ2n) is 5.04. The Bertz CT molecular complexity index is 815. The zero-order valence-electron chi connectivity index (χ0n) is 12.9. The minimum absolute atomic E-state index is 0.413. The SMILES string of the molecule is CNC(=O)C1OC(n2cnc3c(NC)ncnc32)C(O)C1N=[N+]=[N-]. The molecule has 1 saturated heterocycles. The van der Waals surface area contributed by atoms with E-state index in [-0.39, 0.29) is 0 Å². The zero-order valence-corrected chi connectivity index (χ0v) is 12.9. The molecule has 126 valence electrons. The highest BCUT2D eigenvalue weighted by Crippen LogP contribution is 2.34. The van der Waals surface area contributed by atoms with Crippen molar-refractivity contribution >= 4 is 22.9 Å². The van der Waals surface area contributed by atoms with Gasteiger partial charge in [-0.05, 0) is 5.53 Å².